The van der Waals surface area contributed by atoms with E-state index in [2.05, 4.69) is 78.0 Å². The van der Waals surface area contributed by atoms with Crippen LogP contribution in [0.15, 0.2) is 58.7 Å². The van der Waals surface area contributed by atoms with Crippen molar-refractivity contribution in [2.24, 2.45) is 5.41 Å². The quantitative estimate of drug-likeness (QED) is 0.480. The predicted octanol–water partition coefficient (Wildman–Crippen LogP) is 6.93. The van der Waals surface area contributed by atoms with Crippen LogP contribution >= 0.6 is 0 Å². The Labute approximate surface area is 132 Å². The molecule has 0 aromatic rings. The Morgan fingerprint density at radius 2 is 1.86 bits per heavy atom. The molecule has 0 aromatic heterocycles. The van der Waals surface area contributed by atoms with Crippen LogP contribution in [0.2, 0.25) is 0 Å². The average molecular weight is 284 g/mol. The molecule has 0 heteroatoms. The molecule has 0 spiro atoms. The molecule has 1 aliphatic carbocycles. The lowest BCUT2D eigenvalue weighted by Gasteiger charge is -2.32. The van der Waals surface area contributed by atoms with E-state index >= 15 is 0 Å². The summed E-state index contributed by atoms with van der Waals surface area (Å²) in [4.78, 5) is 0. The maximum absolute atomic E-state index is 2.37. The molecule has 21 heavy (non-hydrogen) atoms. The zero-order chi connectivity index (χ0) is 15.9. The fraction of sp³-hybridized carbons (Fsp3) is 0.524. The first-order valence-corrected chi connectivity index (χ1v) is 8.27. The van der Waals surface area contributed by atoms with E-state index in [0.717, 1.165) is 6.42 Å². The topological polar surface area (TPSA) is 0 Å². The number of hydrogen-bond donors (Lipinski definition) is 0. The maximum atomic E-state index is 2.37. The van der Waals surface area contributed by atoms with Crippen LogP contribution in [0.4, 0.5) is 0 Å². The standard InChI is InChI=1S/C21H32/c1-7-10-17(2)11-8-12-18(3)14-15-20-19(4)13-9-16-21(20,5)6/h8,10-12,14-15H,7,9,13,16H2,1-6H3/b11-8-,15-14+,17-10-,18-12+. The predicted molar refractivity (Wildman–Crippen MR) is 96.4 cm³/mol. The fourth-order valence-corrected chi connectivity index (χ4v) is 3.02. The molecular weight excluding hydrogens is 252 g/mol. The first-order chi connectivity index (χ1) is 9.86. The molecule has 116 valence electrons. The van der Waals surface area contributed by atoms with Crippen molar-refractivity contribution in [3.63, 3.8) is 0 Å². The summed E-state index contributed by atoms with van der Waals surface area (Å²) in [7, 11) is 0. The van der Waals surface area contributed by atoms with Gasteiger partial charge in [-0.05, 0) is 57.4 Å². The van der Waals surface area contributed by atoms with E-state index in [9.17, 15) is 0 Å². The third kappa shape index (κ3) is 5.91. The van der Waals surface area contributed by atoms with Gasteiger partial charge in [0.2, 0.25) is 0 Å². The number of allylic oxidation sites excluding steroid dienone is 10. The van der Waals surface area contributed by atoms with Gasteiger partial charge in [-0.15, -0.1) is 0 Å². The molecule has 0 saturated heterocycles. The van der Waals surface area contributed by atoms with E-state index in [-0.39, 0.29) is 0 Å². The average Bonchev–Trinajstić information content (AvgIpc) is 2.37. The van der Waals surface area contributed by atoms with Crippen molar-refractivity contribution in [3.8, 4) is 0 Å². The van der Waals surface area contributed by atoms with Crippen LogP contribution in [-0.2, 0) is 0 Å². The molecule has 1 rings (SSSR count). The summed E-state index contributed by atoms with van der Waals surface area (Å²) in [6, 6.07) is 0. The third-order valence-electron chi connectivity index (χ3n) is 4.30. The molecule has 0 heterocycles. The van der Waals surface area contributed by atoms with Crippen LogP contribution in [0.25, 0.3) is 0 Å². The number of rotatable bonds is 5. The highest BCUT2D eigenvalue weighted by Gasteiger charge is 2.26. The third-order valence-corrected chi connectivity index (χ3v) is 4.30. The summed E-state index contributed by atoms with van der Waals surface area (Å²) < 4.78 is 0. The zero-order valence-electron chi connectivity index (χ0n) is 14.8. The maximum Gasteiger partial charge on any atom is -0.0104 e. The summed E-state index contributed by atoms with van der Waals surface area (Å²) in [5, 5.41) is 0. The van der Waals surface area contributed by atoms with E-state index in [4.69, 9.17) is 0 Å². The highest BCUT2D eigenvalue weighted by Crippen LogP contribution is 2.40. The number of hydrogen-bond acceptors (Lipinski definition) is 0. The van der Waals surface area contributed by atoms with Crippen LogP contribution in [0.3, 0.4) is 0 Å². The van der Waals surface area contributed by atoms with Gasteiger partial charge in [0, 0.05) is 0 Å². The molecule has 0 N–H and O–H groups in total. The van der Waals surface area contributed by atoms with Gasteiger partial charge in [-0.25, -0.2) is 0 Å². The van der Waals surface area contributed by atoms with Crippen molar-refractivity contribution in [2.45, 2.75) is 67.2 Å². The minimum Gasteiger partial charge on any atom is -0.0819 e. The Bertz CT molecular complexity index is 490. The Hall–Kier alpha value is -1.30. The van der Waals surface area contributed by atoms with Crippen molar-refractivity contribution in [3.05, 3.63) is 58.7 Å². The van der Waals surface area contributed by atoms with Crippen molar-refractivity contribution in [1.29, 1.82) is 0 Å². The summed E-state index contributed by atoms with van der Waals surface area (Å²) in [6.45, 7) is 13.5. The molecule has 0 amide bonds. The van der Waals surface area contributed by atoms with E-state index in [1.807, 2.05) is 0 Å². The highest BCUT2D eigenvalue weighted by atomic mass is 14.3. The van der Waals surface area contributed by atoms with Crippen molar-refractivity contribution in [2.75, 3.05) is 0 Å². The molecule has 0 fully saturated rings. The van der Waals surface area contributed by atoms with Crippen molar-refractivity contribution in [1.82, 2.24) is 0 Å². The molecule has 0 bridgehead atoms. The van der Waals surface area contributed by atoms with E-state index in [1.54, 1.807) is 5.57 Å². The summed E-state index contributed by atoms with van der Waals surface area (Å²) in [6.07, 6.45) is 18.3. The molecular formula is C21H32. The van der Waals surface area contributed by atoms with Crippen LogP contribution < -0.4 is 0 Å². The van der Waals surface area contributed by atoms with Gasteiger partial charge in [-0.1, -0.05) is 73.9 Å². The minimum atomic E-state index is 0.329. The van der Waals surface area contributed by atoms with E-state index in [1.165, 1.54) is 36.0 Å². The van der Waals surface area contributed by atoms with E-state index in [0.29, 0.717) is 5.41 Å². The molecule has 0 aromatic carbocycles. The Kier molecular flexibility index (Phi) is 6.95. The molecule has 1 aliphatic rings. The smallest absolute Gasteiger partial charge is 0.0104 e. The van der Waals surface area contributed by atoms with Gasteiger partial charge in [0.25, 0.3) is 0 Å². The lowest BCUT2D eigenvalue weighted by atomic mass is 9.72. The van der Waals surface area contributed by atoms with Gasteiger partial charge >= 0.3 is 0 Å². The summed E-state index contributed by atoms with van der Waals surface area (Å²) in [5.74, 6) is 0. The van der Waals surface area contributed by atoms with Gasteiger partial charge in [-0.2, -0.15) is 0 Å². The second-order valence-corrected chi connectivity index (χ2v) is 6.89. The van der Waals surface area contributed by atoms with Gasteiger partial charge < -0.3 is 0 Å². The second kappa shape index (κ2) is 8.22. The molecule has 0 radical (unpaired) electrons. The van der Waals surface area contributed by atoms with Crippen LogP contribution in [0.5, 0.6) is 0 Å². The normalized spacial score (nSPS) is 20.9. The SMILES string of the molecule is CC\C=C(C)/C=C\C=C(C)\C=C\C1=C(C)CCCC1(C)C. The Morgan fingerprint density at radius 1 is 1.14 bits per heavy atom. The largest absolute Gasteiger partial charge is 0.0819 e. The summed E-state index contributed by atoms with van der Waals surface area (Å²) >= 11 is 0. The molecule has 0 atom stereocenters. The first-order valence-electron chi connectivity index (χ1n) is 8.27. The fourth-order valence-electron chi connectivity index (χ4n) is 3.02. The first kappa shape index (κ1) is 17.8. The lowest BCUT2D eigenvalue weighted by Crippen LogP contribution is -2.19. The van der Waals surface area contributed by atoms with Crippen molar-refractivity contribution >= 4 is 0 Å². The van der Waals surface area contributed by atoms with Crippen LogP contribution in [0, 0.1) is 5.41 Å². The minimum absolute atomic E-state index is 0.329. The molecule has 0 nitrogen and oxygen atoms in total. The van der Waals surface area contributed by atoms with E-state index < -0.39 is 0 Å². The lowest BCUT2D eigenvalue weighted by molar-refractivity contribution is 0.377. The van der Waals surface area contributed by atoms with Gasteiger partial charge in [0.1, 0.15) is 0 Å². The van der Waals surface area contributed by atoms with Gasteiger partial charge in [-0.3, -0.25) is 0 Å². The molecule has 0 unspecified atom stereocenters. The monoisotopic (exact) mass is 284 g/mol. The highest BCUT2D eigenvalue weighted by molar-refractivity contribution is 5.37. The Morgan fingerprint density at radius 3 is 2.48 bits per heavy atom. The summed E-state index contributed by atoms with van der Waals surface area (Å²) in [5.41, 5.74) is 6.06. The van der Waals surface area contributed by atoms with Crippen LogP contribution in [-0.4, -0.2) is 0 Å². The Balaban J connectivity index is 2.78. The second-order valence-electron chi connectivity index (χ2n) is 6.89. The van der Waals surface area contributed by atoms with Crippen molar-refractivity contribution < 1.29 is 0 Å². The van der Waals surface area contributed by atoms with Gasteiger partial charge in [0.15, 0.2) is 0 Å². The molecule has 0 aliphatic heterocycles. The van der Waals surface area contributed by atoms with Gasteiger partial charge in [0.05, 0.1) is 0 Å². The zero-order valence-corrected chi connectivity index (χ0v) is 14.8. The van der Waals surface area contributed by atoms with Crippen LogP contribution in [0.1, 0.15) is 67.2 Å². The molecule has 0 saturated carbocycles.